The molecule has 15 heavy (non-hydrogen) atoms. The van der Waals surface area contributed by atoms with Crippen LogP contribution in [0.25, 0.3) is 0 Å². The zero-order valence-electron chi connectivity index (χ0n) is 8.56. The molecular formula is C11H14IN3. The van der Waals surface area contributed by atoms with E-state index in [2.05, 4.69) is 37.9 Å². The lowest BCUT2D eigenvalue weighted by atomic mass is 10.2. The highest BCUT2D eigenvalue weighted by molar-refractivity contribution is 14.1. The van der Waals surface area contributed by atoms with Crippen LogP contribution in [-0.2, 0) is 0 Å². The average molecular weight is 315 g/mol. The largest absolute Gasteiger partial charge is 0.278 e. The molecule has 0 aliphatic carbocycles. The monoisotopic (exact) mass is 315 g/mol. The molecule has 0 atom stereocenters. The molecule has 1 fully saturated rings. The zero-order chi connectivity index (χ0) is 10.5. The van der Waals surface area contributed by atoms with E-state index in [9.17, 15) is 0 Å². The second-order valence-electron chi connectivity index (χ2n) is 3.68. The van der Waals surface area contributed by atoms with Crippen LogP contribution in [0.4, 0.5) is 5.69 Å². The molecule has 1 aromatic rings. The molecule has 80 valence electrons. The molecule has 1 aromatic carbocycles. The molecule has 0 saturated carbocycles. The van der Waals surface area contributed by atoms with E-state index in [0.29, 0.717) is 0 Å². The van der Waals surface area contributed by atoms with Gasteiger partial charge in [0, 0.05) is 16.7 Å². The lowest BCUT2D eigenvalue weighted by Crippen LogP contribution is -2.23. The van der Waals surface area contributed by atoms with E-state index in [1.807, 2.05) is 24.3 Å². The lowest BCUT2D eigenvalue weighted by molar-refractivity contribution is 0.224. The normalized spacial score (nSPS) is 17.3. The fourth-order valence-electron chi connectivity index (χ4n) is 1.59. The first kappa shape index (κ1) is 10.9. The predicted octanol–water partition coefficient (Wildman–Crippen LogP) is 3.78. The summed E-state index contributed by atoms with van der Waals surface area (Å²) >= 11 is 2.29. The van der Waals surface area contributed by atoms with Crippen molar-refractivity contribution in [3.63, 3.8) is 0 Å². The molecule has 0 bridgehead atoms. The first-order chi connectivity index (χ1) is 7.34. The number of hydrogen-bond acceptors (Lipinski definition) is 2. The topological polar surface area (TPSA) is 28.0 Å². The Balaban J connectivity index is 1.95. The van der Waals surface area contributed by atoms with E-state index in [1.54, 1.807) is 0 Å². The number of piperidine rings is 1. The highest BCUT2D eigenvalue weighted by Gasteiger charge is 2.06. The van der Waals surface area contributed by atoms with Crippen LogP contribution in [-0.4, -0.2) is 18.1 Å². The number of nitrogens with zero attached hydrogens (tertiary/aromatic N) is 3. The number of hydrogen-bond donors (Lipinski definition) is 0. The van der Waals surface area contributed by atoms with Gasteiger partial charge in [-0.15, -0.1) is 5.11 Å². The van der Waals surface area contributed by atoms with Crippen LogP contribution in [0.1, 0.15) is 19.3 Å². The van der Waals surface area contributed by atoms with Gasteiger partial charge in [-0.2, -0.15) is 0 Å². The van der Waals surface area contributed by atoms with Crippen LogP contribution >= 0.6 is 22.6 Å². The van der Waals surface area contributed by atoms with Crippen LogP contribution in [0.3, 0.4) is 0 Å². The third-order valence-electron chi connectivity index (χ3n) is 2.45. The van der Waals surface area contributed by atoms with E-state index in [4.69, 9.17) is 0 Å². The molecule has 1 saturated heterocycles. The third-order valence-corrected chi connectivity index (χ3v) is 3.16. The number of halogens is 1. The molecule has 2 rings (SSSR count). The van der Waals surface area contributed by atoms with Gasteiger partial charge < -0.3 is 0 Å². The van der Waals surface area contributed by atoms with Gasteiger partial charge in [0.15, 0.2) is 0 Å². The van der Waals surface area contributed by atoms with Gasteiger partial charge in [-0.05, 0) is 66.1 Å². The Hall–Kier alpha value is -0.650. The highest BCUT2D eigenvalue weighted by atomic mass is 127. The van der Waals surface area contributed by atoms with Gasteiger partial charge in [-0.3, -0.25) is 5.01 Å². The molecule has 0 N–H and O–H groups in total. The van der Waals surface area contributed by atoms with Gasteiger partial charge in [0.05, 0.1) is 5.69 Å². The second kappa shape index (κ2) is 5.44. The summed E-state index contributed by atoms with van der Waals surface area (Å²) in [4.78, 5) is 0. The van der Waals surface area contributed by atoms with Crippen LogP contribution in [0.5, 0.6) is 0 Å². The Bertz CT molecular complexity index is 328. The maximum absolute atomic E-state index is 4.24. The van der Waals surface area contributed by atoms with Crippen molar-refractivity contribution < 1.29 is 0 Å². The minimum Gasteiger partial charge on any atom is -0.278 e. The molecule has 0 radical (unpaired) electrons. The summed E-state index contributed by atoms with van der Waals surface area (Å²) in [7, 11) is 0. The van der Waals surface area contributed by atoms with E-state index < -0.39 is 0 Å². The molecule has 3 nitrogen and oxygen atoms in total. The van der Waals surface area contributed by atoms with Crippen molar-refractivity contribution in [3.05, 3.63) is 27.8 Å². The molecule has 0 aromatic heterocycles. The maximum atomic E-state index is 4.24. The van der Waals surface area contributed by atoms with E-state index in [0.717, 1.165) is 18.8 Å². The molecule has 1 aliphatic heterocycles. The summed E-state index contributed by atoms with van der Waals surface area (Å²) in [6.45, 7) is 2.10. The van der Waals surface area contributed by atoms with Gasteiger partial charge in [0.25, 0.3) is 0 Å². The second-order valence-corrected chi connectivity index (χ2v) is 4.93. The molecule has 0 amide bonds. The van der Waals surface area contributed by atoms with Crippen molar-refractivity contribution in [2.75, 3.05) is 13.1 Å². The van der Waals surface area contributed by atoms with E-state index >= 15 is 0 Å². The molecule has 4 heteroatoms. The zero-order valence-corrected chi connectivity index (χ0v) is 10.7. The quantitative estimate of drug-likeness (QED) is 0.603. The predicted molar refractivity (Wildman–Crippen MR) is 69.1 cm³/mol. The summed E-state index contributed by atoms with van der Waals surface area (Å²) < 4.78 is 1.23. The van der Waals surface area contributed by atoms with Gasteiger partial charge in [-0.1, -0.05) is 5.22 Å². The average Bonchev–Trinajstić information content (AvgIpc) is 2.30. The van der Waals surface area contributed by atoms with Crippen molar-refractivity contribution in [1.29, 1.82) is 0 Å². The summed E-state index contributed by atoms with van der Waals surface area (Å²) in [5.74, 6) is 0. The molecule has 1 heterocycles. The Labute approximate surface area is 104 Å². The Morgan fingerprint density at radius 1 is 1.00 bits per heavy atom. The van der Waals surface area contributed by atoms with E-state index in [-0.39, 0.29) is 0 Å². The van der Waals surface area contributed by atoms with Gasteiger partial charge >= 0.3 is 0 Å². The van der Waals surface area contributed by atoms with Crippen molar-refractivity contribution in [2.24, 2.45) is 10.3 Å². The van der Waals surface area contributed by atoms with Crippen LogP contribution < -0.4 is 0 Å². The fraction of sp³-hybridized carbons (Fsp3) is 0.455. The Kier molecular flexibility index (Phi) is 3.94. The molecule has 1 aliphatic rings. The van der Waals surface area contributed by atoms with E-state index in [1.165, 1.54) is 22.8 Å². The van der Waals surface area contributed by atoms with Crippen LogP contribution in [0, 0.1) is 3.57 Å². The molecule has 0 spiro atoms. The Morgan fingerprint density at radius 3 is 2.33 bits per heavy atom. The van der Waals surface area contributed by atoms with Crippen molar-refractivity contribution in [3.8, 4) is 0 Å². The van der Waals surface area contributed by atoms with Crippen molar-refractivity contribution >= 4 is 28.3 Å². The highest BCUT2D eigenvalue weighted by Crippen LogP contribution is 2.16. The van der Waals surface area contributed by atoms with Gasteiger partial charge in [-0.25, -0.2) is 0 Å². The lowest BCUT2D eigenvalue weighted by Gasteiger charge is -2.21. The Morgan fingerprint density at radius 2 is 1.67 bits per heavy atom. The standard InChI is InChI=1S/C11H14IN3/c12-10-4-6-11(7-5-10)13-14-15-8-2-1-3-9-15/h4-7H,1-3,8-9H2. The minimum absolute atomic E-state index is 0.931. The van der Waals surface area contributed by atoms with Gasteiger partial charge in [0.2, 0.25) is 0 Å². The number of benzene rings is 1. The SMILES string of the molecule is Ic1ccc(N=NN2CCCCC2)cc1. The summed E-state index contributed by atoms with van der Waals surface area (Å²) in [5, 5.41) is 10.5. The summed E-state index contributed by atoms with van der Waals surface area (Å²) in [6, 6.07) is 8.08. The van der Waals surface area contributed by atoms with Gasteiger partial charge in [0.1, 0.15) is 0 Å². The summed E-state index contributed by atoms with van der Waals surface area (Å²) in [5.41, 5.74) is 0.931. The molecular weight excluding hydrogens is 301 g/mol. The molecule has 0 unspecified atom stereocenters. The maximum Gasteiger partial charge on any atom is 0.0874 e. The summed E-state index contributed by atoms with van der Waals surface area (Å²) in [6.07, 6.45) is 3.81. The van der Waals surface area contributed by atoms with Crippen molar-refractivity contribution in [2.45, 2.75) is 19.3 Å². The first-order valence-corrected chi connectivity index (χ1v) is 6.35. The third kappa shape index (κ3) is 3.44. The number of rotatable bonds is 2. The first-order valence-electron chi connectivity index (χ1n) is 5.27. The van der Waals surface area contributed by atoms with Crippen LogP contribution in [0.15, 0.2) is 34.6 Å². The van der Waals surface area contributed by atoms with Crippen molar-refractivity contribution in [1.82, 2.24) is 5.01 Å². The smallest absolute Gasteiger partial charge is 0.0874 e. The fourth-order valence-corrected chi connectivity index (χ4v) is 1.95. The van der Waals surface area contributed by atoms with Crippen LogP contribution in [0.2, 0.25) is 0 Å². The minimum atomic E-state index is 0.931.